The molecule has 1 unspecified atom stereocenters. The molecule has 0 saturated carbocycles. The molecule has 2 N–H and O–H groups in total. The summed E-state index contributed by atoms with van der Waals surface area (Å²) >= 11 is 0. The highest BCUT2D eigenvalue weighted by atomic mass is 16.5. The van der Waals surface area contributed by atoms with Gasteiger partial charge in [0.15, 0.2) is 0 Å². The summed E-state index contributed by atoms with van der Waals surface area (Å²) in [5.41, 5.74) is 10.1. The molecule has 20 heavy (non-hydrogen) atoms. The van der Waals surface area contributed by atoms with Crippen molar-refractivity contribution in [3.05, 3.63) is 29.6 Å². The van der Waals surface area contributed by atoms with Gasteiger partial charge in [-0.3, -0.25) is 9.88 Å². The molecule has 1 saturated heterocycles. The summed E-state index contributed by atoms with van der Waals surface area (Å²) < 4.78 is 5.67. The molecule has 3 rings (SSSR count). The molecule has 108 valence electrons. The fraction of sp³-hybridized carbons (Fsp3) is 0.562. The maximum Gasteiger partial charge on any atom is 0.0703 e. The lowest BCUT2D eigenvalue weighted by Gasteiger charge is -2.33. The summed E-state index contributed by atoms with van der Waals surface area (Å²) in [7, 11) is 0. The maximum absolute atomic E-state index is 5.77. The molecule has 1 aromatic rings. The third kappa shape index (κ3) is 2.58. The van der Waals surface area contributed by atoms with Crippen LogP contribution in [-0.2, 0) is 4.74 Å². The Balaban J connectivity index is 1.73. The SMILES string of the molecule is Cc1cc(N)cnc1C1=CCN(C2CCO[C@@H]2C)CC1. The molecule has 0 spiro atoms. The molecule has 1 aromatic heterocycles. The van der Waals surface area contributed by atoms with E-state index in [1.807, 2.05) is 6.07 Å². The molecule has 0 radical (unpaired) electrons. The van der Waals surface area contributed by atoms with Crippen LogP contribution in [0.15, 0.2) is 18.3 Å². The van der Waals surface area contributed by atoms with Crippen LogP contribution in [0.2, 0.25) is 0 Å². The van der Waals surface area contributed by atoms with Crippen molar-refractivity contribution in [3.8, 4) is 0 Å². The lowest BCUT2D eigenvalue weighted by atomic mass is 9.98. The standard InChI is InChI=1S/C16H23N3O/c1-11-9-14(17)10-18-16(11)13-3-6-19(7-4-13)15-5-8-20-12(15)2/h3,9-10,12,15H,4-8,17H2,1-2H3/t12-,15?/m1/s1. The van der Waals surface area contributed by atoms with E-state index in [1.54, 1.807) is 6.20 Å². The molecule has 1 fully saturated rings. The first-order valence-electron chi connectivity index (χ1n) is 7.42. The zero-order valence-corrected chi connectivity index (χ0v) is 12.3. The molecule has 2 aliphatic rings. The number of anilines is 1. The van der Waals surface area contributed by atoms with Gasteiger partial charge < -0.3 is 10.5 Å². The summed E-state index contributed by atoms with van der Waals surface area (Å²) in [6.07, 6.45) is 6.65. The van der Waals surface area contributed by atoms with Crippen molar-refractivity contribution in [2.75, 3.05) is 25.4 Å². The number of rotatable bonds is 2. The second-order valence-corrected chi connectivity index (χ2v) is 5.84. The van der Waals surface area contributed by atoms with Gasteiger partial charge >= 0.3 is 0 Å². The van der Waals surface area contributed by atoms with Crippen LogP contribution >= 0.6 is 0 Å². The molecule has 2 aliphatic heterocycles. The number of pyridine rings is 1. The smallest absolute Gasteiger partial charge is 0.0703 e. The number of nitrogen functional groups attached to an aromatic ring is 1. The highest BCUT2D eigenvalue weighted by Crippen LogP contribution is 2.28. The second-order valence-electron chi connectivity index (χ2n) is 5.84. The summed E-state index contributed by atoms with van der Waals surface area (Å²) in [6, 6.07) is 2.58. The normalized spacial score (nSPS) is 27.6. The maximum atomic E-state index is 5.77. The quantitative estimate of drug-likeness (QED) is 0.898. The van der Waals surface area contributed by atoms with Crippen LogP contribution < -0.4 is 5.73 Å². The summed E-state index contributed by atoms with van der Waals surface area (Å²) in [4.78, 5) is 7.04. The molecule has 0 amide bonds. The first kappa shape index (κ1) is 13.6. The van der Waals surface area contributed by atoms with Crippen LogP contribution in [0.1, 0.15) is 31.0 Å². The number of ether oxygens (including phenoxy) is 1. The van der Waals surface area contributed by atoms with Crippen LogP contribution in [-0.4, -0.2) is 41.7 Å². The van der Waals surface area contributed by atoms with E-state index in [4.69, 9.17) is 10.5 Å². The first-order valence-corrected chi connectivity index (χ1v) is 7.42. The van der Waals surface area contributed by atoms with E-state index in [-0.39, 0.29) is 0 Å². The van der Waals surface area contributed by atoms with Crippen LogP contribution in [0.5, 0.6) is 0 Å². The van der Waals surface area contributed by atoms with E-state index in [9.17, 15) is 0 Å². The highest BCUT2D eigenvalue weighted by molar-refractivity contribution is 5.67. The minimum atomic E-state index is 0.362. The monoisotopic (exact) mass is 273 g/mol. The molecule has 4 heteroatoms. The third-order valence-corrected chi connectivity index (χ3v) is 4.45. The summed E-state index contributed by atoms with van der Waals surface area (Å²) in [5, 5.41) is 0. The van der Waals surface area contributed by atoms with E-state index < -0.39 is 0 Å². The van der Waals surface area contributed by atoms with Gasteiger partial charge in [-0.2, -0.15) is 0 Å². The van der Waals surface area contributed by atoms with Gasteiger partial charge in [-0.1, -0.05) is 6.08 Å². The predicted octanol–water partition coefficient (Wildman–Crippen LogP) is 2.24. The number of hydrogen-bond donors (Lipinski definition) is 1. The summed E-state index contributed by atoms with van der Waals surface area (Å²) in [5.74, 6) is 0. The van der Waals surface area contributed by atoms with Gasteiger partial charge in [-0.25, -0.2) is 0 Å². The van der Waals surface area contributed by atoms with Crippen molar-refractivity contribution in [3.63, 3.8) is 0 Å². The van der Waals surface area contributed by atoms with Crippen molar-refractivity contribution in [2.45, 2.75) is 38.8 Å². The Labute approximate surface area is 120 Å². The largest absolute Gasteiger partial charge is 0.397 e. The molecule has 3 heterocycles. The number of aromatic nitrogens is 1. The van der Waals surface area contributed by atoms with Crippen LogP contribution in [0.3, 0.4) is 0 Å². The van der Waals surface area contributed by atoms with Gasteiger partial charge in [0.2, 0.25) is 0 Å². The molecule has 2 atom stereocenters. The van der Waals surface area contributed by atoms with Crippen LogP contribution in [0.4, 0.5) is 5.69 Å². The number of nitrogens with two attached hydrogens (primary N) is 1. The van der Waals surface area contributed by atoms with Crippen LogP contribution in [0.25, 0.3) is 5.57 Å². The zero-order valence-electron chi connectivity index (χ0n) is 12.3. The van der Waals surface area contributed by atoms with Gasteiger partial charge in [-0.05, 0) is 43.9 Å². The van der Waals surface area contributed by atoms with E-state index in [1.165, 1.54) is 11.1 Å². The Morgan fingerprint density at radius 1 is 1.45 bits per heavy atom. The first-order chi connectivity index (χ1) is 9.65. The number of hydrogen-bond acceptors (Lipinski definition) is 4. The van der Waals surface area contributed by atoms with E-state index in [2.05, 4.69) is 29.8 Å². The summed E-state index contributed by atoms with van der Waals surface area (Å²) in [6.45, 7) is 7.26. The van der Waals surface area contributed by atoms with Gasteiger partial charge in [0, 0.05) is 25.7 Å². The van der Waals surface area contributed by atoms with Gasteiger partial charge in [-0.15, -0.1) is 0 Å². The second kappa shape index (κ2) is 5.54. The van der Waals surface area contributed by atoms with Crippen molar-refractivity contribution >= 4 is 11.3 Å². The molecule has 4 nitrogen and oxygen atoms in total. The van der Waals surface area contributed by atoms with Crippen molar-refractivity contribution in [2.24, 2.45) is 0 Å². The van der Waals surface area contributed by atoms with Gasteiger partial charge in [0.25, 0.3) is 0 Å². The fourth-order valence-corrected chi connectivity index (χ4v) is 3.33. The van der Waals surface area contributed by atoms with Crippen LogP contribution in [0, 0.1) is 6.92 Å². The highest BCUT2D eigenvalue weighted by Gasteiger charge is 2.30. The molecule has 0 aromatic carbocycles. The Kier molecular flexibility index (Phi) is 3.76. The zero-order chi connectivity index (χ0) is 14.1. The van der Waals surface area contributed by atoms with E-state index >= 15 is 0 Å². The average molecular weight is 273 g/mol. The molecule has 0 bridgehead atoms. The Bertz CT molecular complexity index is 526. The third-order valence-electron chi connectivity index (χ3n) is 4.45. The number of nitrogens with zero attached hydrogens (tertiary/aromatic N) is 2. The number of aryl methyl sites for hydroxylation is 1. The van der Waals surface area contributed by atoms with Crippen molar-refractivity contribution in [1.82, 2.24) is 9.88 Å². The molecular weight excluding hydrogens is 250 g/mol. The Hall–Kier alpha value is -1.39. The van der Waals surface area contributed by atoms with Crippen molar-refractivity contribution < 1.29 is 4.74 Å². The minimum absolute atomic E-state index is 0.362. The Morgan fingerprint density at radius 3 is 2.90 bits per heavy atom. The van der Waals surface area contributed by atoms with Gasteiger partial charge in [0.05, 0.1) is 23.7 Å². The molecule has 0 aliphatic carbocycles. The van der Waals surface area contributed by atoms with Gasteiger partial charge in [0.1, 0.15) is 0 Å². The van der Waals surface area contributed by atoms with E-state index in [0.717, 1.165) is 43.9 Å². The van der Waals surface area contributed by atoms with Crippen molar-refractivity contribution in [1.29, 1.82) is 0 Å². The fourth-order valence-electron chi connectivity index (χ4n) is 3.33. The van der Waals surface area contributed by atoms with E-state index in [0.29, 0.717) is 12.1 Å². The average Bonchev–Trinajstić information content (AvgIpc) is 2.85. The Morgan fingerprint density at radius 2 is 2.30 bits per heavy atom. The minimum Gasteiger partial charge on any atom is -0.397 e. The molecular formula is C16H23N3O. The predicted molar refractivity (Wildman–Crippen MR) is 81.4 cm³/mol. The lowest BCUT2D eigenvalue weighted by molar-refractivity contribution is 0.0782. The topological polar surface area (TPSA) is 51.4 Å². The lowest BCUT2D eigenvalue weighted by Crippen LogP contribution is -2.42.